The number of esters is 1. The van der Waals surface area contributed by atoms with E-state index in [1.165, 1.54) is 0 Å². The summed E-state index contributed by atoms with van der Waals surface area (Å²) in [5.41, 5.74) is -1.64. The Balaban J connectivity index is 1.75. The van der Waals surface area contributed by atoms with E-state index in [0.717, 1.165) is 12.8 Å². The lowest BCUT2D eigenvalue weighted by atomic mass is 9.70. The van der Waals surface area contributed by atoms with Crippen LogP contribution in [-0.4, -0.2) is 34.5 Å². The molecule has 98 valence electrons. The molecule has 2 aliphatic heterocycles. The molecule has 1 spiro atoms. The Hall–Kier alpha value is -0.870. The monoisotopic (exact) mass is 250 g/mol. The zero-order valence-corrected chi connectivity index (χ0v) is 10.3. The van der Waals surface area contributed by atoms with E-state index in [1.807, 2.05) is 6.08 Å². The minimum atomic E-state index is -0.973. The van der Waals surface area contributed by atoms with Crippen LogP contribution in [0, 0.1) is 11.8 Å². The second-order valence-electron chi connectivity index (χ2n) is 6.32. The number of hydrogen-bond donors (Lipinski definition) is 1. The third-order valence-corrected chi connectivity index (χ3v) is 5.44. The zero-order valence-electron chi connectivity index (χ0n) is 10.3. The van der Waals surface area contributed by atoms with Gasteiger partial charge in [0.2, 0.25) is 0 Å². The lowest BCUT2D eigenvalue weighted by Gasteiger charge is -2.40. The molecule has 18 heavy (non-hydrogen) atoms. The molecule has 2 heterocycles. The standard InChI is InChI=1S/C14H18O4/c1-2-3-8-5-13(16)7-12(15)18-14(13)6-11-10(17-11)4-9(8)14/h2,8-11,16H,1,3-7H2/t8-,9-,10+,11-,13-,14-/m1/s1. The maximum absolute atomic E-state index is 11.7. The molecule has 0 amide bonds. The van der Waals surface area contributed by atoms with Crippen LogP contribution < -0.4 is 0 Å². The fourth-order valence-electron chi connectivity index (χ4n) is 4.69. The molecule has 2 saturated heterocycles. The van der Waals surface area contributed by atoms with Gasteiger partial charge in [0.15, 0.2) is 0 Å². The first-order valence-electron chi connectivity index (χ1n) is 6.78. The molecule has 4 fully saturated rings. The summed E-state index contributed by atoms with van der Waals surface area (Å²) in [5.74, 6) is 0.347. The molecule has 2 aliphatic carbocycles. The Kier molecular flexibility index (Phi) is 1.94. The first-order valence-corrected chi connectivity index (χ1v) is 6.78. The first kappa shape index (κ1) is 11.0. The van der Waals surface area contributed by atoms with Gasteiger partial charge in [0, 0.05) is 12.3 Å². The van der Waals surface area contributed by atoms with Gasteiger partial charge in [-0.3, -0.25) is 4.79 Å². The summed E-state index contributed by atoms with van der Waals surface area (Å²) in [7, 11) is 0. The highest BCUT2D eigenvalue weighted by molar-refractivity contribution is 5.75. The Labute approximate surface area is 106 Å². The molecule has 4 aliphatic rings. The zero-order chi connectivity index (χ0) is 12.5. The predicted octanol–water partition coefficient (Wildman–Crippen LogP) is 1.18. The van der Waals surface area contributed by atoms with Gasteiger partial charge in [-0.2, -0.15) is 0 Å². The lowest BCUT2D eigenvalue weighted by molar-refractivity contribution is -0.166. The van der Waals surface area contributed by atoms with Crippen molar-refractivity contribution in [3.63, 3.8) is 0 Å². The molecule has 0 aromatic carbocycles. The third-order valence-electron chi connectivity index (χ3n) is 5.44. The summed E-state index contributed by atoms with van der Waals surface area (Å²) in [6.07, 6.45) is 5.71. The Bertz CT molecular complexity index is 434. The van der Waals surface area contributed by atoms with Crippen LogP contribution in [0.1, 0.15) is 32.1 Å². The highest BCUT2D eigenvalue weighted by Crippen LogP contribution is 2.64. The smallest absolute Gasteiger partial charge is 0.309 e. The van der Waals surface area contributed by atoms with Gasteiger partial charge < -0.3 is 14.6 Å². The second-order valence-corrected chi connectivity index (χ2v) is 6.32. The van der Waals surface area contributed by atoms with Gasteiger partial charge >= 0.3 is 5.97 Å². The molecule has 4 heteroatoms. The summed E-state index contributed by atoms with van der Waals surface area (Å²) in [4.78, 5) is 11.7. The fourth-order valence-corrected chi connectivity index (χ4v) is 4.69. The van der Waals surface area contributed by atoms with Crippen molar-refractivity contribution in [2.24, 2.45) is 11.8 Å². The average molecular weight is 250 g/mol. The quantitative estimate of drug-likeness (QED) is 0.454. The van der Waals surface area contributed by atoms with Crippen molar-refractivity contribution >= 4 is 5.97 Å². The summed E-state index contributed by atoms with van der Waals surface area (Å²) < 4.78 is 11.2. The van der Waals surface area contributed by atoms with E-state index >= 15 is 0 Å². The van der Waals surface area contributed by atoms with Crippen LogP contribution in [0.15, 0.2) is 12.7 Å². The number of aliphatic hydroxyl groups is 1. The van der Waals surface area contributed by atoms with Crippen LogP contribution in [0.3, 0.4) is 0 Å². The van der Waals surface area contributed by atoms with E-state index in [2.05, 4.69) is 6.58 Å². The van der Waals surface area contributed by atoms with E-state index < -0.39 is 11.2 Å². The van der Waals surface area contributed by atoms with E-state index in [9.17, 15) is 9.90 Å². The van der Waals surface area contributed by atoms with Gasteiger partial charge in [0.05, 0.1) is 18.6 Å². The summed E-state index contributed by atoms with van der Waals surface area (Å²) in [6.45, 7) is 3.80. The number of allylic oxidation sites excluding steroid dienone is 1. The highest BCUT2D eigenvalue weighted by atomic mass is 16.6. The molecule has 0 radical (unpaired) electrons. The molecule has 0 bridgehead atoms. The number of carbonyl (C=O) groups excluding carboxylic acids is 1. The number of fused-ring (bicyclic) bond motifs is 1. The van der Waals surface area contributed by atoms with E-state index in [-0.39, 0.29) is 24.4 Å². The molecule has 0 aromatic rings. The van der Waals surface area contributed by atoms with Crippen LogP contribution in [0.2, 0.25) is 0 Å². The van der Waals surface area contributed by atoms with Crippen LogP contribution in [-0.2, 0) is 14.3 Å². The van der Waals surface area contributed by atoms with Crippen molar-refractivity contribution in [1.82, 2.24) is 0 Å². The molecule has 1 N–H and O–H groups in total. The summed E-state index contributed by atoms with van der Waals surface area (Å²) in [6, 6.07) is 0. The molecule has 0 unspecified atom stereocenters. The second kappa shape index (κ2) is 3.17. The van der Waals surface area contributed by atoms with E-state index in [1.54, 1.807) is 0 Å². The SMILES string of the molecule is C=CC[C@@H]1C[C@@]2(O)CC(=O)O[C@@]23C[C@H]2O[C@H]2C[C@H]13. The lowest BCUT2D eigenvalue weighted by Crippen LogP contribution is -2.53. The van der Waals surface area contributed by atoms with Gasteiger partial charge in [0.25, 0.3) is 0 Å². The van der Waals surface area contributed by atoms with Crippen molar-refractivity contribution in [3.8, 4) is 0 Å². The van der Waals surface area contributed by atoms with Crippen molar-refractivity contribution in [1.29, 1.82) is 0 Å². The fraction of sp³-hybridized carbons (Fsp3) is 0.786. The van der Waals surface area contributed by atoms with Crippen molar-refractivity contribution in [3.05, 3.63) is 12.7 Å². The van der Waals surface area contributed by atoms with Crippen molar-refractivity contribution in [2.75, 3.05) is 0 Å². The number of epoxide rings is 1. The molecule has 2 saturated carbocycles. The van der Waals surface area contributed by atoms with Crippen LogP contribution >= 0.6 is 0 Å². The minimum absolute atomic E-state index is 0.147. The van der Waals surface area contributed by atoms with Crippen molar-refractivity contribution < 1.29 is 19.4 Å². The largest absolute Gasteiger partial charge is 0.455 e. The molecular formula is C14H18O4. The molecular weight excluding hydrogens is 232 g/mol. The van der Waals surface area contributed by atoms with Crippen LogP contribution in [0.5, 0.6) is 0 Å². The van der Waals surface area contributed by atoms with E-state index in [0.29, 0.717) is 24.9 Å². The molecule has 6 atom stereocenters. The molecule has 4 nitrogen and oxygen atoms in total. The number of ether oxygens (including phenoxy) is 2. The van der Waals surface area contributed by atoms with Gasteiger partial charge in [-0.15, -0.1) is 6.58 Å². The Morgan fingerprint density at radius 2 is 2.28 bits per heavy atom. The van der Waals surface area contributed by atoms with E-state index in [4.69, 9.17) is 9.47 Å². The first-order chi connectivity index (χ1) is 8.58. The number of carbonyl (C=O) groups is 1. The number of rotatable bonds is 2. The van der Waals surface area contributed by atoms with Gasteiger partial charge in [-0.25, -0.2) is 0 Å². The average Bonchev–Trinajstić information content (AvgIpc) is 2.93. The van der Waals surface area contributed by atoms with Crippen LogP contribution in [0.4, 0.5) is 0 Å². The summed E-state index contributed by atoms with van der Waals surface area (Å²) >= 11 is 0. The van der Waals surface area contributed by atoms with Crippen molar-refractivity contribution in [2.45, 2.75) is 55.5 Å². The maximum atomic E-state index is 11.7. The minimum Gasteiger partial charge on any atom is -0.455 e. The molecule has 0 aromatic heterocycles. The highest BCUT2D eigenvalue weighted by Gasteiger charge is 2.74. The normalized spacial score (nSPS) is 56.4. The molecule has 4 rings (SSSR count). The Morgan fingerprint density at radius 3 is 3.06 bits per heavy atom. The van der Waals surface area contributed by atoms with Gasteiger partial charge in [0.1, 0.15) is 11.2 Å². The Morgan fingerprint density at radius 1 is 1.44 bits per heavy atom. The topological polar surface area (TPSA) is 59.1 Å². The summed E-state index contributed by atoms with van der Waals surface area (Å²) in [5, 5.41) is 10.9. The van der Waals surface area contributed by atoms with Crippen LogP contribution in [0.25, 0.3) is 0 Å². The number of hydrogen-bond acceptors (Lipinski definition) is 4. The third kappa shape index (κ3) is 1.16. The predicted molar refractivity (Wildman–Crippen MR) is 62.7 cm³/mol. The van der Waals surface area contributed by atoms with Gasteiger partial charge in [-0.1, -0.05) is 6.08 Å². The maximum Gasteiger partial charge on any atom is 0.309 e. The van der Waals surface area contributed by atoms with Gasteiger partial charge in [-0.05, 0) is 25.2 Å².